The van der Waals surface area contributed by atoms with Gasteiger partial charge in [0.1, 0.15) is 28.5 Å². The van der Waals surface area contributed by atoms with Crippen LogP contribution in [0.15, 0.2) is 78.6 Å². The van der Waals surface area contributed by atoms with Gasteiger partial charge in [0.2, 0.25) is 5.76 Å². The lowest BCUT2D eigenvalue weighted by Gasteiger charge is -2.41. The van der Waals surface area contributed by atoms with E-state index in [-0.39, 0.29) is 11.7 Å². The summed E-state index contributed by atoms with van der Waals surface area (Å²) in [7, 11) is 3.14. The number of allylic oxidation sites excluding steroid dienone is 2. The summed E-state index contributed by atoms with van der Waals surface area (Å²) in [6.07, 6.45) is 1.37. The number of hydrogen-bond donors (Lipinski definition) is 2. The minimum atomic E-state index is -0.894. The Hall–Kier alpha value is -4.92. The van der Waals surface area contributed by atoms with Gasteiger partial charge in [0.15, 0.2) is 0 Å². The molecule has 0 radical (unpaired) electrons. The number of esters is 1. The smallest absolute Gasteiger partial charge is 0.379 e. The van der Waals surface area contributed by atoms with Gasteiger partial charge in [0, 0.05) is 17.2 Å². The second-order valence-corrected chi connectivity index (χ2v) is 10.1. The van der Waals surface area contributed by atoms with E-state index in [0.29, 0.717) is 23.6 Å². The first-order valence-corrected chi connectivity index (χ1v) is 12.7. The van der Waals surface area contributed by atoms with Crippen LogP contribution in [0, 0.1) is 0 Å². The van der Waals surface area contributed by atoms with E-state index in [9.17, 15) is 14.7 Å². The van der Waals surface area contributed by atoms with Crippen molar-refractivity contribution in [3.63, 3.8) is 0 Å². The number of anilines is 3. The lowest BCUT2D eigenvalue weighted by molar-refractivity contribution is -0.133. The van der Waals surface area contributed by atoms with E-state index in [0.717, 1.165) is 33.8 Å². The number of benzene rings is 3. The summed E-state index contributed by atoms with van der Waals surface area (Å²) in [4.78, 5) is 26.1. The van der Waals surface area contributed by atoms with Gasteiger partial charge in [-0.3, -0.25) is 9.80 Å². The summed E-state index contributed by atoms with van der Waals surface area (Å²) in [5.41, 5.74) is 4.37. The summed E-state index contributed by atoms with van der Waals surface area (Å²) in [5, 5.41) is 17.1. The molecule has 9 heteroatoms. The monoisotopic (exact) mass is 541 g/mol. The molecule has 0 atom stereocenters. The third-order valence-electron chi connectivity index (χ3n) is 7.13. The molecule has 2 aliphatic heterocycles. The standard InChI is InChI=1S/C31H31N3O6/c1-7-18(2)28(35)29(36)40-19-12-13-21(26(16-19)39-6)20-14-15-23-27-22(20)17-33(24-10-8-9-11-25(24)38-5)34(27)30(37)31(3,4)32-23/h7-16,32,35H,1,17H2,2-6H3/b28-18-. The van der Waals surface area contributed by atoms with Crippen molar-refractivity contribution >= 4 is 28.9 Å². The van der Waals surface area contributed by atoms with Crippen molar-refractivity contribution in [2.24, 2.45) is 0 Å². The zero-order chi connectivity index (χ0) is 28.8. The highest BCUT2D eigenvalue weighted by Crippen LogP contribution is 2.51. The molecule has 40 heavy (non-hydrogen) atoms. The minimum absolute atomic E-state index is 0.0984. The molecular formula is C31H31N3O6. The number of hydrogen-bond acceptors (Lipinski definition) is 8. The van der Waals surface area contributed by atoms with Crippen molar-refractivity contribution < 1.29 is 28.9 Å². The van der Waals surface area contributed by atoms with Crippen LogP contribution in [0.4, 0.5) is 17.1 Å². The third-order valence-corrected chi connectivity index (χ3v) is 7.13. The minimum Gasteiger partial charge on any atom is -0.502 e. The van der Waals surface area contributed by atoms with Crippen molar-refractivity contribution in [3.8, 4) is 28.4 Å². The Morgan fingerprint density at radius 3 is 2.45 bits per heavy atom. The van der Waals surface area contributed by atoms with Gasteiger partial charge in [-0.25, -0.2) is 9.80 Å². The lowest BCUT2D eigenvalue weighted by atomic mass is 9.93. The van der Waals surface area contributed by atoms with E-state index in [4.69, 9.17) is 14.2 Å². The summed E-state index contributed by atoms with van der Waals surface area (Å²) < 4.78 is 16.7. The normalized spacial score (nSPS) is 15.6. The van der Waals surface area contributed by atoms with E-state index >= 15 is 0 Å². The molecule has 206 valence electrons. The predicted molar refractivity (Wildman–Crippen MR) is 154 cm³/mol. The maximum absolute atomic E-state index is 13.8. The molecule has 0 unspecified atom stereocenters. The third kappa shape index (κ3) is 4.29. The molecule has 0 saturated heterocycles. The second kappa shape index (κ2) is 10.00. The fourth-order valence-electron chi connectivity index (χ4n) is 5.01. The lowest BCUT2D eigenvalue weighted by Crippen LogP contribution is -2.57. The van der Waals surface area contributed by atoms with Gasteiger partial charge < -0.3 is 24.6 Å². The average Bonchev–Trinajstić information content (AvgIpc) is 3.36. The molecular weight excluding hydrogens is 510 g/mol. The van der Waals surface area contributed by atoms with Crippen molar-refractivity contribution in [1.29, 1.82) is 0 Å². The number of nitrogens with zero attached hydrogens (tertiary/aromatic N) is 2. The highest BCUT2D eigenvalue weighted by molar-refractivity contribution is 6.12. The van der Waals surface area contributed by atoms with Gasteiger partial charge in [0.25, 0.3) is 5.91 Å². The summed E-state index contributed by atoms with van der Waals surface area (Å²) >= 11 is 0. The Kier molecular flexibility index (Phi) is 6.67. The second-order valence-electron chi connectivity index (χ2n) is 10.1. The maximum atomic E-state index is 13.8. The quantitative estimate of drug-likeness (QED) is 0.128. The molecule has 0 saturated carbocycles. The number of hydrazine groups is 1. The highest BCUT2D eigenvalue weighted by atomic mass is 16.5. The number of amides is 1. The van der Waals surface area contributed by atoms with Crippen LogP contribution in [0.2, 0.25) is 0 Å². The Labute approximate surface area is 232 Å². The Bertz CT molecular complexity index is 1580. The molecule has 2 aliphatic rings. The molecule has 3 aromatic rings. The largest absolute Gasteiger partial charge is 0.502 e. The van der Waals surface area contributed by atoms with Crippen molar-refractivity contribution in [2.45, 2.75) is 32.9 Å². The zero-order valence-electron chi connectivity index (χ0n) is 23.1. The van der Waals surface area contributed by atoms with Crippen LogP contribution >= 0.6 is 0 Å². The molecule has 2 N–H and O–H groups in total. The molecule has 1 amide bonds. The molecule has 2 heterocycles. The number of methoxy groups -OCH3 is 2. The van der Waals surface area contributed by atoms with Crippen LogP contribution in [0.25, 0.3) is 11.1 Å². The van der Waals surface area contributed by atoms with Crippen molar-refractivity contribution in [1.82, 2.24) is 0 Å². The van der Waals surface area contributed by atoms with Gasteiger partial charge in [-0.1, -0.05) is 30.9 Å². The number of rotatable bonds is 7. The molecule has 3 aromatic carbocycles. The van der Waals surface area contributed by atoms with Crippen LogP contribution < -0.4 is 29.5 Å². The molecule has 0 aromatic heterocycles. The highest BCUT2D eigenvalue weighted by Gasteiger charge is 2.47. The van der Waals surface area contributed by atoms with Crippen molar-refractivity contribution in [2.75, 3.05) is 29.6 Å². The molecule has 5 rings (SSSR count). The van der Waals surface area contributed by atoms with E-state index in [1.807, 2.05) is 55.3 Å². The van der Waals surface area contributed by atoms with Gasteiger partial charge in [-0.2, -0.15) is 0 Å². The molecule has 9 nitrogen and oxygen atoms in total. The van der Waals surface area contributed by atoms with Crippen LogP contribution in [-0.4, -0.2) is 36.7 Å². The number of carbonyl (C=O) groups is 2. The first-order valence-electron chi connectivity index (χ1n) is 12.7. The van der Waals surface area contributed by atoms with E-state index < -0.39 is 17.3 Å². The molecule has 0 bridgehead atoms. The van der Waals surface area contributed by atoms with E-state index in [1.165, 1.54) is 13.2 Å². The van der Waals surface area contributed by atoms with Crippen LogP contribution in [0.1, 0.15) is 26.3 Å². The van der Waals surface area contributed by atoms with Crippen LogP contribution in [0.5, 0.6) is 17.2 Å². The topological polar surface area (TPSA) is 101 Å². The van der Waals surface area contributed by atoms with Gasteiger partial charge in [0.05, 0.1) is 32.1 Å². The maximum Gasteiger partial charge on any atom is 0.379 e. The molecule has 0 spiro atoms. The Morgan fingerprint density at radius 1 is 1.05 bits per heavy atom. The number of aliphatic hydroxyl groups excluding tert-OH is 1. The molecule has 0 fully saturated rings. The van der Waals surface area contributed by atoms with Crippen LogP contribution in [-0.2, 0) is 16.1 Å². The van der Waals surface area contributed by atoms with Gasteiger partial charge >= 0.3 is 5.97 Å². The average molecular weight is 542 g/mol. The fourth-order valence-corrected chi connectivity index (χ4v) is 5.01. The number of carbonyl (C=O) groups excluding carboxylic acids is 2. The fraction of sp³-hybridized carbons (Fsp3) is 0.226. The molecule has 0 aliphatic carbocycles. The predicted octanol–water partition coefficient (Wildman–Crippen LogP) is 5.77. The van der Waals surface area contributed by atoms with Gasteiger partial charge in [-0.15, -0.1) is 0 Å². The number of aliphatic hydroxyl groups is 1. The van der Waals surface area contributed by atoms with E-state index in [1.54, 1.807) is 37.2 Å². The van der Waals surface area contributed by atoms with E-state index in [2.05, 4.69) is 11.9 Å². The summed E-state index contributed by atoms with van der Waals surface area (Å²) in [5.74, 6) is -0.191. The van der Waals surface area contributed by atoms with Crippen molar-refractivity contribution in [3.05, 3.63) is 84.1 Å². The Morgan fingerprint density at radius 2 is 1.75 bits per heavy atom. The van der Waals surface area contributed by atoms with Crippen LogP contribution in [0.3, 0.4) is 0 Å². The van der Waals surface area contributed by atoms with Gasteiger partial charge in [-0.05, 0) is 62.2 Å². The summed E-state index contributed by atoms with van der Waals surface area (Å²) in [6, 6.07) is 16.5. The first kappa shape index (κ1) is 26.7. The number of para-hydroxylation sites is 2. The SMILES string of the molecule is C=C/C(C)=C(\O)C(=O)Oc1ccc(-c2ccc3c4c2CN(c2ccccc2OC)N4C(=O)C(C)(C)N3)c(OC)c1. The Balaban J connectivity index is 1.61. The number of nitrogens with one attached hydrogen (secondary N) is 1. The first-order chi connectivity index (χ1) is 19.1. The summed E-state index contributed by atoms with van der Waals surface area (Å²) in [6.45, 7) is 9.24. The zero-order valence-corrected chi connectivity index (χ0v) is 23.1. The number of ether oxygens (including phenoxy) is 3.